The molecular formula is C26H26FN5. The molecule has 1 aromatic carbocycles. The maximum absolute atomic E-state index is 14.4. The summed E-state index contributed by atoms with van der Waals surface area (Å²) in [5, 5.41) is 10.7. The molecule has 1 fully saturated rings. The van der Waals surface area contributed by atoms with Crippen LogP contribution in [0.4, 0.5) is 4.39 Å². The highest BCUT2D eigenvalue weighted by Gasteiger charge is 2.30. The standard InChI is InChI=1S/C26H26FN5/c1-17-6-4-8-20(30-17)16-29-26-22-12-11-18(21-9-2-3-10-23(21)27)14-24(22)31-25(32-26)19-7-5-13-28-15-19/h2-10,12-14,18,26,29,31-32H,11,15-16H2,1H3. The molecule has 3 aliphatic rings. The zero-order chi connectivity index (χ0) is 21.9. The van der Waals surface area contributed by atoms with Crippen LogP contribution in [0.5, 0.6) is 0 Å². The van der Waals surface area contributed by atoms with Gasteiger partial charge in [0.2, 0.25) is 0 Å². The lowest BCUT2D eigenvalue weighted by Gasteiger charge is -2.37. The smallest absolute Gasteiger partial charge is 0.127 e. The van der Waals surface area contributed by atoms with Crippen molar-refractivity contribution < 1.29 is 4.39 Å². The Kier molecular flexibility index (Phi) is 5.69. The summed E-state index contributed by atoms with van der Waals surface area (Å²) in [5.41, 5.74) is 5.94. The van der Waals surface area contributed by atoms with Gasteiger partial charge in [0.05, 0.1) is 12.2 Å². The topological polar surface area (TPSA) is 61.3 Å². The predicted octanol–water partition coefficient (Wildman–Crippen LogP) is 3.99. The minimum atomic E-state index is -0.163. The van der Waals surface area contributed by atoms with Gasteiger partial charge in [-0.15, -0.1) is 0 Å². The number of fused-ring (bicyclic) bond motifs is 1. The number of nitrogens with one attached hydrogen (secondary N) is 3. The van der Waals surface area contributed by atoms with Crippen molar-refractivity contribution in [2.75, 3.05) is 6.54 Å². The summed E-state index contributed by atoms with van der Waals surface area (Å²) in [6, 6.07) is 13.1. The van der Waals surface area contributed by atoms with Crippen LogP contribution in [-0.2, 0) is 6.54 Å². The molecule has 1 aromatic heterocycles. The maximum atomic E-state index is 14.4. The number of hydrogen-bond acceptors (Lipinski definition) is 5. The number of aliphatic imine (C=N–C) groups is 1. The minimum absolute atomic E-state index is 0.00851. The van der Waals surface area contributed by atoms with Crippen LogP contribution in [0.2, 0.25) is 0 Å². The third-order valence-corrected chi connectivity index (χ3v) is 5.94. The van der Waals surface area contributed by atoms with Gasteiger partial charge >= 0.3 is 0 Å². The molecule has 5 nitrogen and oxygen atoms in total. The van der Waals surface area contributed by atoms with Gasteiger partial charge in [-0.2, -0.15) is 0 Å². The molecule has 2 aromatic rings. The first-order valence-electron chi connectivity index (χ1n) is 10.9. The molecule has 5 rings (SSSR count). The third kappa shape index (κ3) is 4.27. The Labute approximate surface area is 187 Å². The molecule has 32 heavy (non-hydrogen) atoms. The van der Waals surface area contributed by atoms with E-state index in [9.17, 15) is 4.39 Å². The van der Waals surface area contributed by atoms with E-state index >= 15 is 0 Å². The Morgan fingerprint density at radius 3 is 2.88 bits per heavy atom. The van der Waals surface area contributed by atoms with Gasteiger partial charge in [-0.1, -0.05) is 42.5 Å². The van der Waals surface area contributed by atoms with Crippen LogP contribution < -0.4 is 16.0 Å². The molecule has 1 saturated heterocycles. The van der Waals surface area contributed by atoms with E-state index in [1.165, 1.54) is 6.07 Å². The second-order valence-electron chi connectivity index (χ2n) is 8.21. The van der Waals surface area contributed by atoms with Crippen molar-refractivity contribution in [1.29, 1.82) is 0 Å². The number of dihydropyridines is 1. The summed E-state index contributed by atoms with van der Waals surface area (Å²) < 4.78 is 14.4. The van der Waals surface area contributed by atoms with Crippen molar-refractivity contribution in [3.8, 4) is 0 Å². The van der Waals surface area contributed by atoms with E-state index in [1.54, 1.807) is 6.07 Å². The lowest BCUT2D eigenvalue weighted by Crippen LogP contribution is -2.52. The molecule has 0 spiro atoms. The SMILES string of the molecule is Cc1cccc(CNC2NC(=C3C=CC=NC3)NC3=CC(c4ccccc4F)CC=C32)n1. The fourth-order valence-corrected chi connectivity index (χ4v) is 4.33. The monoisotopic (exact) mass is 427 g/mol. The van der Waals surface area contributed by atoms with E-state index in [1.807, 2.05) is 49.5 Å². The molecule has 2 aliphatic heterocycles. The van der Waals surface area contributed by atoms with E-state index < -0.39 is 0 Å². The number of hydrogen-bond donors (Lipinski definition) is 3. The molecule has 1 aliphatic carbocycles. The molecule has 3 heterocycles. The normalized spacial score (nSPS) is 24.2. The molecule has 3 N–H and O–H groups in total. The zero-order valence-electron chi connectivity index (χ0n) is 18.0. The number of nitrogens with zero attached hydrogens (tertiary/aromatic N) is 2. The molecule has 2 atom stereocenters. The van der Waals surface area contributed by atoms with Gasteiger partial charge in [-0.05, 0) is 43.2 Å². The fourth-order valence-electron chi connectivity index (χ4n) is 4.33. The average molecular weight is 428 g/mol. The number of halogens is 1. The van der Waals surface area contributed by atoms with Gasteiger partial charge in [-0.3, -0.25) is 15.3 Å². The summed E-state index contributed by atoms with van der Waals surface area (Å²) >= 11 is 0. The highest BCUT2D eigenvalue weighted by atomic mass is 19.1. The molecule has 0 bridgehead atoms. The Bertz CT molecular complexity index is 1170. The van der Waals surface area contributed by atoms with Crippen LogP contribution in [0, 0.1) is 12.7 Å². The van der Waals surface area contributed by atoms with Crippen LogP contribution in [-0.4, -0.2) is 23.9 Å². The van der Waals surface area contributed by atoms with Crippen LogP contribution in [0.25, 0.3) is 0 Å². The number of pyridine rings is 1. The van der Waals surface area contributed by atoms with E-state index in [0.717, 1.165) is 46.0 Å². The predicted molar refractivity (Wildman–Crippen MR) is 125 cm³/mol. The van der Waals surface area contributed by atoms with Gasteiger partial charge in [0.15, 0.2) is 0 Å². The molecule has 0 saturated carbocycles. The number of aromatic nitrogens is 1. The van der Waals surface area contributed by atoms with Gasteiger partial charge in [0.1, 0.15) is 17.8 Å². The average Bonchev–Trinajstić information content (AvgIpc) is 2.83. The molecule has 0 radical (unpaired) electrons. The highest BCUT2D eigenvalue weighted by Crippen LogP contribution is 2.34. The van der Waals surface area contributed by atoms with E-state index in [-0.39, 0.29) is 17.9 Å². The molecule has 2 unspecified atom stereocenters. The van der Waals surface area contributed by atoms with Crippen LogP contribution in [0.3, 0.4) is 0 Å². The van der Waals surface area contributed by atoms with Gasteiger partial charge in [0.25, 0.3) is 0 Å². The van der Waals surface area contributed by atoms with Crippen molar-refractivity contribution >= 4 is 6.21 Å². The first-order valence-corrected chi connectivity index (χ1v) is 10.9. The molecule has 0 amide bonds. The number of rotatable bonds is 4. The van der Waals surface area contributed by atoms with E-state index in [4.69, 9.17) is 0 Å². The summed E-state index contributed by atoms with van der Waals surface area (Å²) in [6.07, 6.45) is 10.8. The maximum Gasteiger partial charge on any atom is 0.127 e. The molecule has 6 heteroatoms. The van der Waals surface area contributed by atoms with Crippen molar-refractivity contribution in [3.05, 3.63) is 112 Å². The van der Waals surface area contributed by atoms with Gasteiger partial charge < -0.3 is 10.6 Å². The second-order valence-corrected chi connectivity index (χ2v) is 8.21. The van der Waals surface area contributed by atoms with Crippen molar-refractivity contribution in [2.24, 2.45) is 4.99 Å². The zero-order valence-corrected chi connectivity index (χ0v) is 18.0. The van der Waals surface area contributed by atoms with Crippen molar-refractivity contribution in [1.82, 2.24) is 20.9 Å². The number of aryl methyl sites for hydroxylation is 1. The van der Waals surface area contributed by atoms with Crippen molar-refractivity contribution in [2.45, 2.75) is 32.0 Å². The summed E-state index contributed by atoms with van der Waals surface area (Å²) in [5.74, 6) is 0.750. The Morgan fingerprint density at radius 2 is 2.06 bits per heavy atom. The third-order valence-electron chi connectivity index (χ3n) is 5.94. The highest BCUT2D eigenvalue weighted by molar-refractivity contribution is 5.74. The number of allylic oxidation sites excluding steroid dienone is 3. The molecular weight excluding hydrogens is 401 g/mol. The summed E-state index contributed by atoms with van der Waals surface area (Å²) in [6.45, 7) is 3.25. The quantitative estimate of drug-likeness (QED) is 0.691. The Morgan fingerprint density at radius 1 is 1.16 bits per heavy atom. The van der Waals surface area contributed by atoms with Crippen molar-refractivity contribution in [3.63, 3.8) is 0 Å². The minimum Gasteiger partial charge on any atom is -0.352 e. The number of benzene rings is 1. The fraction of sp³-hybridized carbons (Fsp3) is 0.231. The van der Waals surface area contributed by atoms with E-state index in [2.05, 4.69) is 44.2 Å². The Balaban J connectivity index is 1.44. The summed E-state index contributed by atoms with van der Waals surface area (Å²) in [7, 11) is 0. The second kappa shape index (κ2) is 8.93. The summed E-state index contributed by atoms with van der Waals surface area (Å²) in [4.78, 5) is 8.98. The van der Waals surface area contributed by atoms with E-state index in [0.29, 0.717) is 13.1 Å². The van der Waals surface area contributed by atoms with Crippen LogP contribution >= 0.6 is 0 Å². The molecule has 162 valence electrons. The van der Waals surface area contributed by atoms with Crippen LogP contribution in [0.15, 0.2) is 94.4 Å². The Hall–Kier alpha value is -3.51. The first kappa shape index (κ1) is 20.4. The first-order chi connectivity index (χ1) is 15.7. The lowest BCUT2D eigenvalue weighted by molar-refractivity contribution is 0.463. The van der Waals surface area contributed by atoms with Gasteiger partial charge in [-0.25, -0.2) is 4.39 Å². The van der Waals surface area contributed by atoms with Crippen LogP contribution in [0.1, 0.15) is 29.3 Å². The largest absolute Gasteiger partial charge is 0.352 e. The lowest BCUT2D eigenvalue weighted by atomic mass is 9.86. The van der Waals surface area contributed by atoms with Gasteiger partial charge in [0, 0.05) is 41.2 Å².